The lowest BCUT2D eigenvalue weighted by Crippen LogP contribution is -2.50. The standard InChI is InChI=1S/C28H33N5O3/c29-27(35)23-9-5-18(11-24(23)30-14-16-1-2-16)28(36)32-20-12-21-7-8-22(13-20)33(21)25-10-6-19(15-31-25)26(34)17-3-4-17/h5-6,9-11,15-17,20-22,30H,1-4,7-8,12-14H2,(H2,29,35)(H,32,36)/t20-,21+,22-. The van der Waals surface area contributed by atoms with Crippen LogP contribution in [-0.4, -0.2) is 47.3 Å². The summed E-state index contributed by atoms with van der Waals surface area (Å²) in [6.07, 6.45) is 9.98. The van der Waals surface area contributed by atoms with E-state index in [0.29, 0.717) is 40.4 Å². The number of pyridine rings is 1. The SMILES string of the molecule is NC(=O)c1ccc(C(=O)N[C@H]2C[C@H]3CC[C@@H](C2)N3c2ccc(C(=O)C3CC3)cn2)cc1NCC1CC1. The van der Waals surface area contributed by atoms with Gasteiger partial charge in [-0.3, -0.25) is 14.4 Å². The van der Waals surface area contributed by atoms with Gasteiger partial charge < -0.3 is 21.3 Å². The molecule has 2 aliphatic heterocycles. The molecule has 0 radical (unpaired) electrons. The zero-order valence-corrected chi connectivity index (χ0v) is 20.4. The second-order valence-electron chi connectivity index (χ2n) is 10.9. The van der Waals surface area contributed by atoms with Gasteiger partial charge in [-0.05, 0) is 87.6 Å². The van der Waals surface area contributed by atoms with Crippen LogP contribution in [0.3, 0.4) is 0 Å². The highest BCUT2D eigenvalue weighted by atomic mass is 16.2. The van der Waals surface area contributed by atoms with Gasteiger partial charge in [0.15, 0.2) is 5.78 Å². The minimum absolute atomic E-state index is 0.0839. The smallest absolute Gasteiger partial charge is 0.251 e. The van der Waals surface area contributed by atoms with Crippen molar-refractivity contribution in [2.24, 2.45) is 17.6 Å². The molecule has 2 saturated heterocycles. The summed E-state index contributed by atoms with van der Waals surface area (Å²) in [6.45, 7) is 0.789. The Balaban J connectivity index is 1.10. The fourth-order valence-corrected chi connectivity index (χ4v) is 5.83. The molecule has 4 N–H and O–H groups in total. The predicted octanol–water partition coefficient (Wildman–Crippen LogP) is 3.52. The van der Waals surface area contributed by atoms with Crippen molar-refractivity contribution in [1.82, 2.24) is 10.3 Å². The van der Waals surface area contributed by atoms with Crippen LogP contribution < -0.4 is 21.3 Å². The molecule has 0 unspecified atom stereocenters. The molecule has 2 aliphatic carbocycles. The molecule has 6 rings (SSSR count). The van der Waals surface area contributed by atoms with Gasteiger partial charge >= 0.3 is 0 Å². The molecule has 2 saturated carbocycles. The molecule has 4 aliphatic rings. The topological polar surface area (TPSA) is 117 Å². The molecule has 4 fully saturated rings. The summed E-state index contributed by atoms with van der Waals surface area (Å²) in [4.78, 5) is 44.3. The summed E-state index contributed by atoms with van der Waals surface area (Å²) < 4.78 is 0. The second-order valence-corrected chi connectivity index (χ2v) is 10.9. The third-order valence-corrected chi connectivity index (χ3v) is 8.14. The first-order chi connectivity index (χ1) is 17.5. The number of fused-ring (bicyclic) bond motifs is 2. The normalized spacial score (nSPS) is 24.9. The third kappa shape index (κ3) is 4.68. The van der Waals surface area contributed by atoms with E-state index in [1.165, 1.54) is 12.8 Å². The Morgan fingerprint density at radius 3 is 2.28 bits per heavy atom. The quantitative estimate of drug-likeness (QED) is 0.466. The highest BCUT2D eigenvalue weighted by molar-refractivity contribution is 6.02. The lowest BCUT2D eigenvalue weighted by Gasteiger charge is -2.40. The number of carbonyl (C=O) groups excluding carboxylic acids is 3. The molecule has 2 amide bonds. The zero-order chi connectivity index (χ0) is 24.8. The maximum atomic E-state index is 13.1. The van der Waals surface area contributed by atoms with Crippen molar-refractivity contribution >= 4 is 29.1 Å². The largest absolute Gasteiger partial charge is 0.384 e. The Morgan fingerprint density at radius 2 is 1.67 bits per heavy atom. The molecule has 3 atom stereocenters. The number of aromatic nitrogens is 1. The molecule has 36 heavy (non-hydrogen) atoms. The molecule has 8 nitrogen and oxygen atoms in total. The zero-order valence-electron chi connectivity index (χ0n) is 20.4. The number of ketones is 1. The fraction of sp³-hybridized carbons (Fsp3) is 0.500. The van der Waals surface area contributed by atoms with Crippen molar-refractivity contribution in [3.05, 3.63) is 53.2 Å². The van der Waals surface area contributed by atoms with Crippen LogP contribution in [0.5, 0.6) is 0 Å². The maximum Gasteiger partial charge on any atom is 0.251 e. The van der Waals surface area contributed by atoms with Crippen molar-refractivity contribution in [3.8, 4) is 0 Å². The Hall–Kier alpha value is -3.42. The Labute approximate surface area is 211 Å². The average molecular weight is 488 g/mol. The summed E-state index contributed by atoms with van der Waals surface area (Å²) in [5, 5.41) is 6.54. The van der Waals surface area contributed by atoms with Crippen molar-refractivity contribution in [3.63, 3.8) is 0 Å². The van der Waals surface area contributed by atoms with Gasteiger partial charge in [0.1, 0.15) is 5.82 Å². The summed E-state index contributed by atoms with van der Waals surface area (Å²) in [7, 11) is 0. The molecule has 0 spiro atoms. The molecule has 1 aromatic carbocycles. The monoisotopic (exact) mass is 487 g/mol. The highest BCUT2D eigenvalue weighted by Gasteiger charge is 2.42. The van der Waals surface area contributed by atoms with Gasteiger partial charge in [-0.2, -0.15) is 0 Å². The lowest BCUT2D eigenvalue weighted by molar-refractivity contribution is 0.0924. The molecule has 2 aromatic rings. The first kappa shape index (κ1) is 23.0. The van der Waals surface area contributed by atoms with Crippen LogP contribution in [-0.2, 0) is 0 Å². The number of rotatable bonds is 9. The summed E-state index contributed by atoms with van der Waals surface area (Å²) in [6, 6.07) is 9.69. The molecule has 8 heteroatoms. The van der Waals surface area contributed by atoms with Gasteiger partial charge in [0.2, 0.25) is 0 Å². The van der Waals surface area contributed by atoms with Crippen LogP contribution in [0.25, 0.3) is 0 Å². The van der Waals surface area contributed by atoms with Gasteiger partial charge in [0.25, 0.3) is 11.8 Å². The first-order valence-electron chi connectivity index (χ1n) is 13.2. The lowest BCUT2D eigenvalue weighted by atomic mass is 9.96. The average Bonchev–Trinajstić information content (AvgIpc) is 3.80. The van der Waals surface area contributed by atoms with E-state index in [1.807, 2.05) is 12.1 Å². The fourth-order valence-electron chi connectivity index (χ4n) is 5.83. The van der Waals surface area contributed by atoms with Crippen LogP contribution >= 0.6 is 0 Å². The van der Waals surface area contributed by atoms with Crippen molar-refractivity contribution in [2.45, 2.75) is 69.5 Å². The number of hydrogen-bond acceptors (Lipinski definition) is 6. The number of primary amides is 1. The third-order valence-electron chi connectivity index (χ3n) is 8.14. The Kier molecular flexibility index (Phi) is 5.90. The number of amides is 2. The van der Waals surface area contributed by atoms with E-state index in [4.69, 9.17) is 5.73 Å². The number of piperidine rings is 1. The van der Waals surface area contributed by atoms with Gasteiger partial charge in [-0.1, -0.05) is 0 Å². The van der Waals surface area contributed by atoms with Gasteiger partial charge in [-0.15, -0.1) is 0 Å². The number of nitrogens with two attached hydrogens (primary N) is 1. The summed E-state index contributed by atoms with van der Waals surface area (Å²) in [5.74, 6) is 1.35. The van der Waals surface area contributed by atoms with Crippen molar-refractivity contribution in [1.29, 1.82) is 0 Å². The summed E-state index contributed by atoms with van der Waals surface area (Å²) in [5.41, 5.74) is 7.83. The second kappa shape index (κ2) is 9.22. The number of hydrogen-bond donors (Lipinski definition) is 3. The minimum atomic E-state index is -0.497. The van der Waals surface area contributed by atoms with E-state index in [0.717, 1.165) is 50.9 Å². The number of carbonyl (C=O) groups is 3. The highest BCUT2D eigenvalue weighted by Crippen LogP contribution is 2.39. The van der Waals surface area contributed by atoms with Crippen LogP contribution in [0, 0.1) is 11.8 Å². The number of anilines is 2. The Bertz CT molecular complexity index is 1170. The van der Waals surface area contributed by atoms with E-state index in [-0.39, 0.29) is 23.7 Å². The Morgan fingerprint density at radius 1 is 0.944 bits per heavy atom. The van der Waals surface area contributed by atoms with Crippen LogP contribution in [0.2, 0.25) is 0 Å². The van der Waals surface area contributed by atoms with E-state index in [1.54, 1.807) is 24.4 Å². The van der Waals surface area contributed by atoms with E-state index < -0.39 is 5.91 Å². The van der Waals surface area contributed by atoms with Crippen LogP contribution in [0.15, 0.2) is 36.5 Å². The minimum Gasteiger partial charge on any atom is -0.384 e. The summed E-state index contributed by atoms with van der Waals surface area (Å²) >= 11 is 0. The molecule has 188 valence electrons. The first-order valence-corrected chi connectivity index (χ1v) is 13.2. The van der Waals surface area contributed by atoms with Crippen molar-refractivity contribution in [2.75, 3.05) is 16.8 Å². The van der Waals surface area contributed by atoms with Crippen molar-refractivity contribution < 1.29 is 14.4 Å². The molecular formula is C28H33N5O3. The molecule has 3 heterocycles. The van der Waals surface area contributed by atoms with Gasteiger partial charge in [0, 0.05) is 53.6 Å². The van der Waals surface area contributed by atoms with Gasteiger partial charge in [-0.25, -0.2) is 4.98 Å². The van der Waals surface area contributed by atoms with Crippen LogP contribution in [0.4, 0.5) is 11.5 Å². The number of nitrogens with one attached hydrogen (secondary N) is 2. The van der Waals surface area contributed by atoms with Gasteiger partial charge in [0.05, 0.1) is 5.56 Å². The number of benzene rings is 1. The molecular weight excluding hydrogens is 454 g/mol. The number of Topliss-reactive ketones (excluding diaryl/α,β-unsaturated/α-hetero) is 1. The molecule has 1 aromatic heterocycles. The number of nitrogens with zero attached hydrogens (tertiary/aromatic N) is 2. The van der Waals surface area contributed by atoms with E-state index in [2.05, 4.69) is 20.5 Å². The van der Waals surface area contributed by atoms with Crippen LogP contribution in [0.1, 0.15) is 82.4 Å². The van der Waals surface area contributed by atoms with E-state index in [9.17, 15) is 14.4 Å². The predicted molar refractivity (Wildman–Crippen MR) is 137 cm³/mol. The maximum absolute atomic E-state index is 13.1. The molecule has 2 bridgehead atoms. The van der Waals surface area contributed by atoms with E-state index >= 15 is 0 Å².